The lowest BCUT2D eigenvalue weighted by Gasteiger charge is -2.31. The van der Waals surface area contributed by atoms with Crippen molar-refractivity contribution in [3.05, 3.63) is 99.6 Å². The molecule has 1 atom stereocenters. The number of urea groups is 1. The summed E-state index contributed by atoms with van der Waals surface area (Å²) in [6.07, 6.45) is 0.754. The summed E-state index contributed by atoms with van der Waals surface area (Å²) in [4.78, 5) is 34.2. The molecule has 1 aromatic heterocycles. The second kappa shape index (κ2) is 11.4. The Morgan fingerprint density at radius 2 is 1.70 bits per heavy atom. The number of ether oxygens (including phenoxy) is 1. The van der Waals surface area contributed by atoms with Crippen LogP contribution in [0.15, 0.2) is 71.5 Å². The fraction of sp³-hybridized carbons (Fsp3) is 0.300. The smallest absolute Gasteiger partial charge is 0.322 e. The fourth-order valence-electron chi connectivity index (χ4n) is 4.68. The van der Waals surface area contributed by atoms with E-state index in [9.17, 15) is 9.59 Å². The Morgan fingerprint density at radius 1 is 1.03 bits per heavy atom. The van der Waals surface area contributed by atoms with Gasteiger partial charge in [-0.3, -0.25) is 9.36 Å². The van der Waals surface area contributed by atoms with Crippen molar-refractivity contribution in [1.82, 2.24) is 14.5 Å². The zero-order chi connectivity index (χ0) is 26.5. The molecule has 0 saturated carbocycles. The van der Waals surface area contributed by atoms with Crippen LogP contribution < -0.4 is 10.9 Å². The lowest BCUT2D eigenvalue weighted by molar-refractivity contribution is 0.137. The van der Waals surface area contributed by atoms with E-state index >= 15 is 0 Å². The minimum atomic E-state index is -0.526. The number of amides is 2. The summed E-state index contributed by atoms with van der Waals surface area (Å²) in [5.41, 5.74) is 4.98. The van der Waals surface area contributed by atoms with Crippen molar-refractivity contribution in [2.45, 2.75) is 40.2 Å². The number of benzene rings is 3. The van der Waals surface area contributed by atoms with Crippen LogP contribution in [-0.4, -0.2) is 40.7 Å². The molecule has 3 aromatic carbocycles. The van der Waals surface area contributed by atoms with Crippen LogP contribution in [0.1, 0.15) is 42.4 Å². The number of fused-ring (bicyclic) bond motifs is 1. The number of nitrogens with one attached hydrogen (secondary N) is 1. The van der Waals surface area contributed by atoms with E-state index in [2.05, 4.69) is 12.2 Å². The third-order valence-electron chi connectivity index (χ3n) is 6.77. The predicted octanol–water partition coefficient (Wildman–Crippen LogP) is 5.81. The number of aryl methyl sites for hydroxylation is 3. The molecular weight excluding hydrogens is 464 g/mol. The standard InChI is InChI=1S/C30H34N4O3/c1-6-23-14-7-10-17-26(23)34-28(31-25-16-9-8-15-24(25)29(34)35)22(4)33(18-19-37-5)30(36)32-27-20(2)12-11-13-21(27)3/h7-17,22H,6,18-19H2,1-5H3,(H,32,36). The third-order valence-corrected chi connectivity index (χ3v) is 6.77. The molecule has 192 valence electrons. The number of rotatable bonds is 8. The maximum absolute atomic E-state index is 13.9. The van der Waals surface area contributed by atoms with Crippen molar-refractivity contribution in [3.63, 3.8) is 0 Å². The topological polar surface area (TPSA) is 76.5 Å². The molecule has 4 rings (SSSR count). The summed E-state index contributed by atoms with van der Waals surface area (Å²) in [6, 6.07) is 20.3. The van der Waals surface area contributed by atoms with Gasteiger partial charge < -0.3 is 15.0 Å². The summed E-state index contributed by atoms with van der Waals surface area (Å²) in [5, 5.41) is 3.62. The maximum atomic E-state index is 13.9. The molecule has 7 nitrogen and oxygen atoms in total. The van der Waals surface area contributed by atoms with Crippen molar-refractivity contribution >= 4 is 22.6 Å². The number of anilines is 1. The number of carbonyl (C=O) groups excluding carboxylic acids is 1. The molecule has 1 unspecified atom stereocenters. The zero-order valence-electron chi connectivity index (χ0n) is 22.1. The lowest BCUT2D eigenvalue weighted by Crippen LogP contribution is -2.41. The largest absolute Gasteiger partial charge is 0.383 e. The lowest BCUT2D eigenvalue weighted by atomic mass is 10.1. The van der Waals surface area contributed by atoms with Crippen molar-refractivity contribution in [2.75, 3.05) is 25.6 Å². The van der Waals surface area contributed by atoms with Gasteiger partial charge in [-0.15, -0.1) is 0 Å². The highest BCUT2D eigenvalue weighted by molar-refractivity contribution is 5.91. The molecule has 0 aliphatic carbocycles. The average Bonchev–Trinajstić information content (AvgIpc) is 2.91. The number of hydrogen-bond donors (Lipinski definition) is 1. The highest BCUT2D eigenvalue weighted by Crippen LogP contribution is 2.26. The van der Waals surface area contributed by atoms with Gasteiger partial charge in [0.25, 0.3) is 5.56 Å². The summed E-state index contributed by atoms with van der Waals surface area (Å²) in [6.45, 7) is 8.57. The van der Waals surface area contributed by atoms with E-state index in [4.69, 9.17) is 9.72 Å². The van der Waals surface area contributed by atoms with Crippen LogP contribution >= 0.6 is 0 Å². The van der Waals surface area contributed by atoms with Crippen LogP contribution in [0.5, 0.6) is 0 Å². The van der Waals surface area contributed by atoms with Crippen LogP contribution in [0.3, 0.4) is 0 Å². The molecule has 37 heavy (non-hydrogen) atoms. The zero-order valence-corrected chi connectivity index (χ0v) is 22.1. The first-order valence-corrected chi connectivity index (χ1v) is 12.6. The number of carbonyl (C=O) groups is 1. The molecule has 4 aromatic rings. The minimum Gasteiger partial charge on any atom is -0.383 e. The number of para-hydroxylation sites is 3. The quantitative estimate of drug-likeness (QED) is 0.333. The Hall–Kier alpha value is -3.97. The van der Waals surface area contributed by atoms with E-state index < -0.39 is 6.04 Å². The van der Waals surface area contributed by atoms with Gasteiger partial charge in [-0.05, 0) is 62.1 Å². The molecule has 0 spiro atoms. The van der Waals surface area contributed by atoms with Gasteiger partial charge in [0.05, 0.1) is 29.2 Å². The number of nitrogens with zero attached hydrogens (tertiary/aromatic N) is 3. The highest BCUT2D eigenvalue weighted by Gasteiger charge is 2.28. The molecular formula is C30H34N4O3. The maximum Gasteiger partial charge on any atom is 0.322 e. The van der Waals surface area contributed by atoms with Crippen molar-refractivity contribution < 1.29 is 9.53 Å². The first kappa shape index (κ1) is 26.1. The van der Waals surface area contributed by atoms with E-state index in [1.807, 2.05) is 81.4 Å². The monoisotopic (exact) mass is 498 g/mol. The molecule has 7 heteroatoms. The SMILES string of the molecule is CCc1ccccc1-n1c(C(C)N(CCOC)C(=O)Nc2c(C)cccc2C)nc2ccccc2c1=O. The van der Waals surface area contributed by atoms with Gasteiger partial charge in [0.2, 0.25) is 0 Å². The van der Waals surface area contributed by atoms with E-state index in [0.29, 0.717) is 29.9 Å². The van der Waals surface area contributed by atoms with Gasteiger partial charge in [0, 0.05) is 19.3 Å². The second-order valence-corrected chi connectivity index (χ2v) is 9.17. The summed E-state index contributed by atoms with van der Waals surface area (Å²) in [5.74, 6) is 0.498. The molecule has 0 radical (unpaired) electrons. The van der Waals surface area contributed by atoms with E-state index in [-0.39, 0.29) is 11.6 Å². The summed E-state index contributed by atoms with van der Waals surface area (Å²) in [7, 11) is 1.61. The normalized spacial score (nSPS) is 11.9. The van der Waals surface area contributed by atoms with Crippen LogP contribution in [0.4, 0.5) is 10.5 Å². The average molecular weight is 499 g/mol. The van der Waals surface area contributed by atoms with Gasteiger partial charge in [0.1, 0.15) is 5.82 Å². The summed E-state index contributed by atoms with van der Waals surface area (Å²) < 4.78 is 7.01. The molecule has 0 aliphatic rings. The van der Waals surface area contributed by atoms with Gasteiger partial charge in [-0.1, -0.05) is 55.5 Å². The Labute approximate surface area is 217 Å². The van der Waals surface area contributed by atoms with E-state index in [1.165, 1.54) is 0 Å². The third kappa shape index (κ3) is 5.27. The van der Waals surface area contributed by atoms with Crippen LogP contribution in [0, 0.1) is 13.8 Å². The van der Waals surface area contributed by atoms with Crippen molar-refractivity contribution in [2.24, 2.45) is 0 Å². The highest BCUT2D eigenvalue weighted by atomic mass is 16.5. The van der Waals surface area contributed by atoms with Crippen LogP contribution in [-0.2, 0) is 11.2 Å². The van der Waals surface area contributed by atoms with Gasteiger partial charge in [0.15, 0.2) is 0 Å². The molecule has 0 bridgehead atoms. The van der Waals surface area contributed by atoms with E-state index in [0.717, 1.165) is 34.5 Å². The fourth-order valence-corrected chi connectivity index (χ4v) is 4.68. The Balaban J connectivity index is 1.87. The second-order valence-electron chi connectivity index (χ2n) is 9.17. The summed E-state index contributed by atoms with van der Waals surface area (Å²) >= 11 is 0. The van der Waals surface area contributed by atoms with Crippen molar-refractivity contribution in [1.29, 1.82) is 0 Å². The number of aromatic nitrogens is 2. The Morgan fingerprint density at radius 3 is 2.41 bits per heavy atom. The van der Waals surface area contributed by atoms with Gasteiger partial charge >= 0.3 is 6.03 Å². The molecule has 1 N–H and O–H groups in total. The van der Waals surface area contributed by atoms with E-state index in [1.54, 1.807) is 22.6 Å². The molecule has 1 heterocycles. The van der Waals surface area contributed by atoms with Gasteiger partial charge in [-0.25, -0.2) is 9.78 Å². The Bertz CT molecular complexity index is 1460. The minimum absolute atomic E-state index is 0.157. The molecule has 0 saturated heterocycles. The molecule has 2 amide bonds. The predicted molar refractivity (Wildman–Crippen MR) is 149 cm³/mol. The van der Waals surface area contributed by atoms with Gasteiger partial charge in [-0.2, -0.15) is 0 Å². The molecule has 0 fully saturated rings. The Kier molecular flexibility index (Phi) is 8.04. The number of methoxy groups -OCH3 is 1. The van der Waals surface area contributed by atoms with Crippen molar-refractivity contribution in [3.8, 4) is 5.69 Å². The number of hydrogen-bond acceptors (Lipinski definition) is 4. The van der Waals surface area contributed by atoms with Crippen LogP contribution in [0.25, 0.3) is 16.6 Å². The first-order valence-electron chi connectivity index (χ1n) is 12.6. The first-order chi connectivity index (χ1) is 17.9. The van der Waals surface area contributed by atoms with Crippen LogP contribution in [0.2, 0.25) is 0 Å². The molecule has 0 aliphatic heterocycles.